The van der Waals surface area contributed by atoms with Crippen LogP contribution in [0.3, 0.4) is 0 Å². The Bertz CT molecular complexity index is 1120. The Kier molecular flexibility index (Phi) is 9.73. The number of carbonyl (C=O) groups is 2. The van der Waals surface area contributed by atoms with Gasteiger partial charge in [0.1, 0.15) is 12.3 Å². The quantitative estimate of drug-likeness (QED) is 0.324. The van der Waals surface area contributed by atoms with Gasteiger partial charge >= 0.3 is 0 Å². The topological polar surface area (TPSA) is 64.0 Å². The molecule has 7 nitrogen and oxygen atoms in total. The SMILES string of the molecule is COCCCN(CC(=O)N(Cc1cccn1Cc1cccc(OC)c1)C(C)(C)C)C(=O)c1cccs1. The number of aromatic nitrogens is 1. The Morgan fingerprint density at radius 2 is 1.86 bits per heavy atom. The van der Waals surface area contributed by atoms with Crippen LogP contribution in [-0.2, 0) is 22.6 Å². The summed E-state index contributed by atoms with van der Waals surface area (Å²) in [4.78, 5) is 30.9. The molecule has 3 rings (SSSR count). The van der Waals surface area contributed by atoms with Crippen LogP contribution in [0.25, 0.3) is 0 Å². The number of hydrogen-bond donors (Lipinski definition) is 0. The molecule has 2 aromatic heterocycles. The Morgan fingerprint density at radius 1 is 1.06 bits per heavy atom. The van der Waals surface area contributed by atoms with Gasteiger partial charge < -0.3 is 23.8 Å². The van der Waals surface area contributed by atoms with Gasteiger partial charge in [-0.05, 0) is 68.5 Å². The lowest BCUT2D eigenvalue weighted by atomic mass is 10.1. The summed E-state index contributed by atoms with van der Waals surface area (Å²) < 4.78 is 12.7. The summed E-state index contributed by atoms with van der Waals surface area (Å²) in [6.07, 6.45) is 2.69. The standard InChI is InChI=1S/C28H37N3O4S/c1-28(2,3)31(20-23-11-7-14-29(23)19-22-10-6-12-24(18-22)35-5)26(32)21-30(15-9-16-34-4)27(33)25-13-8-17-36-25/h6-8,10-14,17-18H,9,15-16,19-21H2,1-5H3. The molecule has 0 radical (unpaired) electrons. The van der Waals surface area contributed by atoms with Crippen molar-refractivity contribution in [2.24, 2.45) is 0 Å². The smallest absolute Gasteiger partial charge is 0.264 e. The summed E-state index contributed by atoms with van der Waals surface area (Å²) in [6, 6.07) is 15.7. The third kappa shape index (κ3) is 7.45. The van der Waals surface area contributed by atoms with Crippen LogP contribution in [0.15, 0.2) is 60.1 Å². The highest BCUT2D eigenvalue weighted by Crippen LogP contribution is 2.21. The van der Waals surface area contributed by atoms with Crippen LogP contribution in [-0.4, -0.2) is 65.6 Å². The number of thiophene rings is 1. The average molecular weight is 512 g/mol. The monoisotopic (exact) mass is 511 g/mol. The van der Waals surface area contributed by atoms with Crippen LogP contribution in [0.1, 0.15) is 48.1 Å². The second kappa shape index (κ2) is 12.7. The van der Waals surface area contributed by atoms with Gasteiger partial charge in [-0.1, -0.05) is 18.2 Å². The van der Waals surface area contributed by atoms with Gasteiger partial charge in [0.05, 0.1) is 18.5 Å². The Hall–Kier alpha value is -3.10. The highest BCUT2D eigenvalue weighted by Gasteiger charge is 2.30. The molecule has 0 aliphatic carbocycles. The molecule has 0 spiro atoms. The van der Waals surface area contributed by atoms with Gasteiger partial charge in [-0.25, -0.2) is 0 Å². The Morgan fingerprint density at radius 3 is 2.53 bits per heavy atom. The molecular weight excluding hydrogens is 474 g/mol. The van der Waals surface area contributed by atoms with Gasteiger partial charge in [0, 0.05) is 44.2 Å². The molecule has 0 atom stereocenters. The van der Waals surface area contributed by atoms with Crippen molar-refractivity contribution in [2.45, 2.75) is 45.8 Å². The first-order valence-electron chi connectivity index (χ1n) is 12.1. The zero-order chi connectivity index (χ0) is 26.1. The van der Waals surface area contributed by atoms with Crippen molar-refractivity contribution in [3.05, 3.63) is 76.2 Å². The van der Waals surface area contributed by atoms with E-state index in [1.807, 2.05) is 73.6 Å². The molecule has 0 aliphatic heterocycles. The van der Waals surface area contributed by atoms with Gasteiger partial charge in [-0.2, -0.15) is 0 Å². The fourth-order valence-electron chi connectivity index (χ4n) is 4.03. The van der Waals surface area contributed by atoms with Crippen LogP contribution in [0.5, 0.6) is 5.75 Å². The maximum absolute atomic E-state index is 13.7. The number of amides is 2. The lowest BCUT2D eigenvalue weighted by molar-refractivity contribution is -0.137. The molecule has 2 amide bonds. The number of benzene rings is 1. The molecular formula is C28H37N3O4S. The summed E-state index contributed by atoms with van der Waals surface area (Å²) in [5, 5.41) is 1.88. The number of ether oxygens (including phenoxy) is 2. The summed E-state index contributed by atoms with van der Waals surface area (Å²) in [5.41, 5.74) is 1.72. The molecule has 194 valence electrons. The van der Waals surface area contributed by atoms with E-state index in [1.54, 1.807) is 25.2 Å². The van der Waals surface area contributed by atoms with Crippen molar-refractivity contribution in [3.63, 3.8) is 0 Å². The fraction of sp³-hybridized carbons (Fsp3) is 0.429. The fourth-order valence-corrected chi connectivity index (χ4v) is 4.72. The molecule has 2 heterocycles. The lowest BCUT2D eigenvalue weighted by Gasteiger charge is -2.37. The van der Waals surface area contributed by atoms with Crippen molar-refractivity contribution in [2.75, 3.05) is 33.9 Å². The van der Waals surface area contributed by atoms with Crippen LogP contribution < -0.4 is 4.74 Å². The van der Waals surface area contributed by atoms with E-state index in [0.717, 1.165) is 17.0 Å². The van der Waals surface area contributed by atoms with E-state index in [4.69, 9.17) is 9.47 Å². The zero-order valence-electron chi connectivity index (χ0n) is 21.9. The molecule has 36 heavy (non-hydrogen) atoms. The predicted octanol–water partition coefficient (Wildman–Crippen LogP) is 4.91. The van der Waals surface area contributed by atoms with Crippen molar-refractivity contribution in [3.8, 4) is 5.75 Å². The second-order valence-corrected chi connectivity index (χ2v) is 10.6. The van der Waals surface area contributed by atoms with Gasteiger partial charge in [0.25, 0.3) is 5.91 Å². The second-order valence-electron chi connectivity index (χ2n) is 9.68. The summed E-state index contributed by atoms with van der Waals surface area (Å²) in [5.74, 6) is 0.611. The van der Waals surface area contributed by atoms with Crippen LogP contribution in [0, 0.1) is 0 Å². The van der Waals surface area contributed by atoms with Crippen LogP contribution in [0.2, 0.25) is 0 Å². The van der Waals surface area contributed by atoms with E-state index in [0.29, 0.717) is 37.5 Å². The van der Waals surface area contributed by atoms with Crippen molar-refractivity contribution in [1.82, 2.24) is 14.4 Å². The molecule has 0 fully saturated rings. The minimum Gasteiger partial charge on any atom is -0.497 e. The maximum atomic E-state index is 13.7. The average Bonchev–Trinajstić information content (AvgIpc) is 3.53. The highest BCUT2D eigenvalue weighted by atomic mass is 32.1. The number of carbonyl (C=O) groups excluding carboxylic acids is 2. The van der Waals surface area contributed by atoms with E-state index in [2.05, 4.69) is 10.6 Å². The maximum Gasteiger partial charge on any atom is 0.264 e. The summed E-state index contributed by atoms with van der Waals surface area (Å²) in [7, 11) is 3.30. The summed E-state index contributed by atoms with van der Waals surface area (Å²) >= 11 is 1.39. The van der Waals surface area contributed by atoms with E-state index < -0.39 is 5.54 Å². The molecule has 3 aromatic rings. The molecule has 0 saturated carbocycles. The number of rotatable bonds is 12. The normalized spacial score (nSPS) is 11.4. The molecule has 0 N–H and O–H groups in total. The number of nitrogens with zero attached hydrogens (tertiary/aromatic N) is 3. The first-order valence-corrected chi connectivity index (χ1v) is 13.0. The highest BCUT2D eigenvalue weighted by molar-refractivity contribution is 7.12. The molecule has 0 aliphatic rings. The van der Waals surface area contributed by atoms with Gasteiger partial charge in [-0.3, -0.25) is 9.59 Å². The minimum absolute atomic E-state index is 0.0221. The van der Waals surface area contributed by atoms with Gasteiger partial charge in [-0.15, -0.1) is 11.3 Å². The first kappa shape index (κ1) is 27.5. The van der Waals surface area contributed by atoms with Crippen molar-refractivity contribution < 1.29 is 19.1 Å². The van der Waals surface area contributed by atoms with E-state index >= 15 is 0 Å². The van der Waals surface area contributed by atoms with Crippen molar-refractivity contribution >= 4 is 23.2 Å². The predicted molar refractivity (Wildman–Crippen MR) is 144 cm³/mol. The lowest BCUT2D eigenvalue weighted by Crippen LogP contribution is -2.50. The van der Waals surface area contributed by atoms with Gasteiger partial charge in [0.15, 0.2) is 0 Å². The Balaban J connectivity index is 1.78. The molecule has 0 bridgehead atoms. The van der Waals surface area contributed by atoms with E-state index in [1.165, 1.54) is 11.3 Å². The van der Waals surface area contributed by atoms with Gasteiger partial charge in [0.2, 0.25) is 5.91 Å². The summed E-state index contributed by atoms with van der Waals surface area (Å²) in [6.45, 7) is 8.20. The molecule has 0 saturated heterocycles. The van der Waals surface area contributed by atoms with Crippen molar-refractivity contribution in [1.29, 1.82) is 0 Å². The number of methoxy groups -OCH3 is 2. The Labute approximate surface area is 218 Å². The first-order chi connectivity index (χ1) is 17.2. The molecule has 8 heteroatoms. The molecule has 0 unspecified atom stereocenters. The van der Waals surface area contributed by atoms with E-state index in [9.17, 15) is 9.59 Å². The minimum atomic E-state index is -0.424. The molecule has 1 aromatic carbocycles. The van der Waals surface area contributed by atoms with Crippen LogP contribution in [0.4, 0.5) is 0 Å². The zero-order valence-corrected chi connectivity index (χ0v) is 22.7. The van der Waals surface area contributed by atoms with Crippen LogP contribution >= 0.6 is 11.3 Å². The third-order valence-corrected chi connectivity index (χ3v) is 6.82. The third-order valence-electron chi connectivity index (χ3n) is 5.96. The number of hydrogen-bond acceptors (Lipinski definition) is 5. The largest absolute Gasteiger partial charge is 0.497 e. The van der Waals surface area contributed by atoms with E-state index in [-0.39, 0.29) is 18.4 Å².